The smallest absolute Gasteiger partial charge is 0.362 e. The SMILES string of the molecule is CC(C)(C)C(=O)Oc1ccc(OC(=O)c2ccncn2)c2c1C1c3ccccc3C2(Cc2ccc(F)cc2)c2ccccc21. The van der Waals surface area contributed by atoms with E-state index in [1.807, 2.05) is 45.0 Å². The van der Waals surface area contributed by atoms with Crippen LogP contribution in [0.2, 0.25) is 0 Å². The summed E-state index contributed by atoms with van der Waals surface area (Å²) in [5, 5.41) is 0. The molecule has 7 heteroatoms. The van der Waals surface area contributed by atoms with Crippen molar-refractivity contribution in [2.24, 2.45) is 5.41 Å². The molecule has 3 aliphatic carbocycles. The maximum absolute atomic E-state index is 14.1. The van der Waals surface area contributed by atoms with Crippen LogP contribution >= 0.6 is 0 Å². The molecule has 0 saturated heterocycles. The lowest BCUT2D eigenvalue weighted by atomic mass is 9.51. The van der Waals surface area contributed by atoms with Crippen molar-refractivity contribution < 1.29 is 23.5 Å². The van der Waals surface area contributed by atoms with E-state index in [9.17, 15) is 14.0 Å². The van der Waals surface area contributed by atoms with Crippen molar-refractivity contribution in [3.05, 3.63) is 154 Å². The number of rotatable bonds is 5. The number of benzene rings is 4. The van der Waals surface area contributed by atoms with E-state index in [1.54, 1.807) is 24.3 Å². The third-order valence-corrected chi connectivity index (χ3v) is 8.54. The van der Waals surface area contributed by atoms with Crippen LogP contribution in [0, 0.1) is 11.2 Å². The van der Waals surface area contributed by atoms with Gasteiger partial charge in [-0.05, 0) is 85.3 Å². The molecular formula is C37H29FN2O4. The van der Waals surface area contributed by atoms with Crippen LogP contribution in [0.3, 0.4) is 0 Å². The number of carbonyl (C=O) groups excluding carboxylic acids is 2. The van der Waals surface area contributed by atoms with Crippen molar-refractivity contribution >= 4 is 11.9 Å². The highest BCUT2D eigenvalue weighted by Gasteiger charge is 2.54. The lowest BCUT2D eigenvalue weighted by Gasteiger charge is -2.51. The van der Waals surface area contributed by atoms with E-state index in [-0.39, 0.29) is 23.4 Å². The fourth-order valence-corrected chi connectivity index (χ4v) is 6.65. The van der Waals surface area contributed by atoms with Gasteiger partial charge in [0.05, 0.1) is 10.8 Å². The van der Waals surface area contributed by atoms with Crippen molar-refractivity contribution in [2.75, 3.05) is 0 Å². The highest BCUT2D eigenvalue weighted by Crippen LogP contribution is 2.64. The predicted molar refractivity (Wildman–Crippen MR) is 162 cm³/mol. The molecule has 0 atom stereocenters. The molecule has 0 spiro atoms. The van der Waals surface area contributed by atoms with Crippen LogP contribution < -0.4 is 9.47 Å². The zero-order chi connectivity index (χ0) is 30.6. The average molecular weight is 585 g/mol. The summed E-state index contributed by atoms with van der Waals surface area (Å²) in [6.07, 6.45) is 3.22. The Bertz CT molecular complexity index is 1880. The minimum absolute atomic E-state index is 0.117. The molecule has 0 unspecified atom stereocenters. The van der Waals surface area contributed by atoms with Crippen molar-refractivity contribution in [1.82, 2.24) is 9.97 Å². The Morgan fingerprint density at radius 2 is 1.45 bits per heavy atom. The molecule has 218 valence electrons. The fraction of sp³-hybridized carbons (Fsp3) is 0.189. The van der Waals surface area contributed by atoms with E-state index in [2.05, 4.69) is 34.2 Å². The first-order valence-corrected chi connectivity index (χ1v) is 14.5. The van der Waals surface area contributed by atoms with Gasteiger partial charge in [-0.15, -0.1) is 0 Å². The highest BCUT2D eigenvalue weighted by atomic mass is 19.1. The molecule has 1 heterocycles. The van der Waals surface area contributed by atoms with Crippen LogP contribution in [-0.2, 0) is 16.6 Å². The number of hydrogen-bond acceptors (Lipinski definition) is 6. The molecule has 8 rings (SSSR count). The van der Waals surface area contributed by atoms with Gasteiger partial charge in [0, 0.05) is 23.2 Å². The van der Waals surface area contributed by atoms with E-state index >= 15 is 0 Å². The summed E-state index contributed by atoms with van der Waals surface area (Å²) >= 11 is 0. The molecule has 4 aromatic carbocycles. The zero-order valence-corrected chi connectivity index (χ0v) is 24.5. The number of carbonyl (C=O) groups is 2. The van der Waals surface area contributed by atoms with Crippen LogP contribution in [-0.4, -0.2) is 21.9 Å². The Morgan fingerprint density at radius 1 is 0.818 bits per heavy atom. The normalized spacial score (nSPS) is 17.7. The topological polar surface area (TPSA) is 78.4 Å². The monoisotopic (exact) mass is 584 g/mol. The van der Waals surface area contributed by atoms with Crippen molar-refractivity contribution in [2.45, 2.75) is 38.5 Å². The third kappa shape index (κ3) is 4.30. The molecule has 0 N–H and O–H groups in total. The van der Waals surface area contributed by atoms with Crippen LogP contribution in [0.15, 0.2) is 104 Å². The Hall–Kier alpha value is -5.17. The molecule has 0 aliphatic heterocycles. The van der Waals surface area contributed by atoms with Gasteiger partial charge >= 0.3 is 11.9 Å². The molecule has 44 heavy (non-hydrogen) atoms. The van der Waals surface area contributed by atoms with Gasteiger partial charge in [-0.3, -0.25) is 4.79 Å². The molecule has 0 fully saturated rings. The lowest BCUT2D eigenvalue weighted by Crippen LogP contribution is -2.44. The molecule has 0 amide bonds. The van der Waals surface area contributed by atoms with Crippen LogP contribution in [0.5, 0.6) is 11.5 Å². The molecule has 0 radical (unpaired) electrons. The molecule has 0 saturated carbocycles. The van der Waals surface area contributed by atoms with E-state index < -0.39 is 16.8 Å². The second kappa shape index (κ2) is 10.2. The van der Waals surface area contributed by atoms with Gasteiger partial charge in [0.15, 0.2) is 5.69 Å². The minimum atomic E-state index is -0.861. The van der Waals surface area contributed by atoms with Gasteiger partial charge < -0.3 is 9.47 Å². The number of esters is 2. The van der Waals surface area contributed by atoms with Gasteiger partial charge in [-0.25, -0.2) is 19.2 Å². The molecule has 1 aromatic heterocycles. The van der Waals surface area contributed by atoms with Gasteiger partial charge in [-0.1, -0.05) is 60.7 Å². The molecule has 3 aliphatic rings. The second-order valence-electron chi connectivity index (χ2n) is 12.3. The predicted octanol–water partition coefficient (Wildman–Crippen LogP) is 7.17. The third-order valence-electron chi connectivity index (χ3n) is 8.54. The van der Waals surface area contributed by atoms with Gasteiger partial charge in [-0.2, -0.15) is 0 Å². The van der Waals surface area contributed by atoms with Crippen LogP contribution in [0.4, 0.5) is 4.39 Å². The number of halogens is 1. The Morgan fingerprint density at radius 3 is 2.07 bits per heavy atom. The maximum atomic E-state index is 14.1. The first-order chi connectivity index (χ1) is 21.2. The summed E-state index contributed by atoms with van der Waals surface area (Å²) in [5.74, 6) is -0.854. The summed E-state index contributed by atoms with van der Waals surface area (Å²) in [5.41, 5.74) is 5.18. The summed E-state index contributed by atoms with van der Waals surface area (Å²) < 4.78 is 26.4. The van der Waals surface area contributed by atoms with Crippen LogP contribution in [0.1, 0.15) is 76.1 Å². The summed E-state index contributed by atoms with van der Waals surface area (Å²) in [6.45, 7) is 5.44. The standard InChI is InChI=1S/C37H29FN2O4/c1-36(2,3)35(42)44-29-16-17-30(43-34(41)28-18-19-39-21-40-28)33-32(29)31-24-8-4-6-10-26(24)37(33,27-11-7-5-9-25(27)31)20-22-12-14-23(38)15-13-22/h4-19,21,31H,20H2,1-3H3. The van der Waals surface area contributed by atoms with Crippen molar-refractivity contribution in [1.29, 1.82) is 0 Å². The Kier molecular flexibility index (Phi) is 6.43. The van der Waals surface area contributed by atoms with Crippen molar-refractivity contribution in [3.63, 3.8) is 0 Å². The first-order valence-electron chi connectivity index (χ1n) is 14.5. The Labute approximate surface area is 254 Å². The molecular weight excluding hydrogens is 555 g/mol. The second-order valence-corrected chi connectivity index (χ2v) is 12.3. The fourth-order valence-electron chi connectivity index (χ4n) is 6.65. The number of ether oxygens (including phenoxy) is 2. The van der Waals surface area contributed by atoms with Gasteiger partial charge in [0.1, 0.15) is 23.6 Å². The molecule has 6 nitrogen and oxygen atoms in total. The first kappa shape index (κ1) is 27.7. The lowest BCUT2D eigenvalue weighted by molar-refractivity contribution is -0.143. The van der Waals surface area contributed by atoms with E-state index in [0.717, 1.165) is 38.9 Å². The zero-order valence-electron chi connectivity index (χ0n) is 24.5. The van der Waals surface area contributed by atoms with Gasteiger partial charge in [0.2, 0.25) is 0 Å². The number of hydrogen-bond donors (Lipinski definition) is 0. The maximum Gasteiger partial charge on any atom is 0.362 e. The minimum Gasteiger partial charge on any atom is -0.426 e. The summed E-state index contributed by atoms with van der Waals surface area (Å²) in [6, 6.07) is 27.8. The number of nitrogens with zero attached hydrogens (tertiary/aromatic N) is 2. The molecule has 2 bridgehead atoms. The highest BCUT2D eigenvalue weighted by molar-refractivity contribution is 5.90. The van der Waals surface area contributed by atoms with Crippen LogP contribution in [0.25, 0.3) is 0 Å². The average Bonchev–Trinajstić information content (AvgIpc) is 3.03. The van der Waals surface area contributed by atoms with E-state index in [0.29, 0.717) is 17.9 Å². The summed E-state index contributed by atoms with van der Waals surface area (Å²) in [7, 11) is 0. The number of aromatic nitrogens is 2. The Balaban J connectivity index is 1.54. The van der Waals surface area contributed by atoms with E-state index in [4.69, 9.17) is 9.47 Å². The van der Waals surface area contributed by atoms with Gasteiger partial charge in [0.25, 0.3) is 0 Å². The quantitative estimate of drug-likeness (QED) is 0.161. The van der Waals surface area contributed by atoms with Crippen molar-refractivity contribution in [3.8, 4) is 11.5 Å². The molecule has 5 aromatic rings. The largest absolute Gasteiger partial charge is 0.426 e. The summed E-state index contributed by atoms with van der Waals surface area (Å²) in [4.78, 5) is 34.8. The van der Waals surface area contributed by atoms with E-state index in [1.165, 1.54) is 30.7 Å².